The number of carbonyl (C=O) groups is 2. The number of halogens is 3. The lowest BCUT2D eigenvalue weighted by Gasteiger charge is -2.07. The number of amides is 1. The minimum Gasteiger partial charge on any atom is -0.322 e. The maximum Gasteiger partial charge on any atom is 0.257 e. The van der Waals surface area contributed by atoms with Crippen molar-refractivity contribution in [2.45, 2.75) is 0 Å². The van der Waals surface area contributed by atoms with E-state index < -0.39 is 17.4 Å². The lowest BCUT2D eigenvalue weighted by molar-refractivity contribution is 0.102. The van der Waals surface area contributed by atoms with Crippen LogP contribution in [0.25, 0.3) is 6.08 Å². The van der Waals surface area contributed by atoms with Crippen LogP contribution in [0.3, 0.4) is 0 Å². The van der Waals surface area contributed by atoms with Crippen molar-refractivity contribution in [2.24, 2.45) is 0 Å². The summed E-state index contributed by atoms with van der Waals surface area (Å²) in [6, 6.07) is 16.1. The SMILES string of the molecule is O=C(/C=C/c1cccc(NC(=O)c2ccccc2Cl)c1)c1cc(F)ccc1F. The van der Waals surface area contributed by atoms with Crippen LogP contribution in [-0.4, -0.2) is 11.7 Å². The molecule has 0 aliphatic rings. The maximum atomic E-state index is 13.7. The lowest BCUT2D eigenvalue weighted by atomic mass is 10.1. The molecule has 3 aromatic rings. The van der Waals surface area contributed by atoms with Crippen LogP contribution in [-0.2, 0) is 0 Å². The molecular formula is C22H14ClF2NO2. The molecule has 0 radical (unpaired) electrons. The predicted molar refractivity (Wildman–Crippen MR) is 106 cm³/mol. The van der Waals surface area contributed by atoms with Gasteiger partial charge in [0.25, 0.3) is 5.91 Å². The van der Waals surface area contributed by atoms with Gasteiger partial charge in [0, 0.05) is 5.69 Å². The molecule has 0 aromatic heterocycles. The molecule has 3 aromatic carbocycles. The van der Waals surface area contributed by atoms with Crippen LogP contribution in [0.15, 0.2) is 72.8 Å². The minimum absolute atomic E-state index is 0.332. The highest BCUT2D eigenvalue weighted by atomic mass is 35.5. The Morgan fingerprint density at radius 1 is 0.893 bits per heavy atom. The fourth-order valence-electron chi connectivity index (χ4n) is 2.51. The third-order valence-corrected chi connectivity index (χ3v) is 4.21. The van der Waals surface area contributed by atoms with Crippen molar-refractivity contribution in [3.8, 4) is 0 Å². The quantitative estimate of drug-likeness (QED) is 0.439. The van der Waals surface area contributed by atoms with Crippen molar-refractivity contribution < 1.29 is 18.4 Å². The Balaban J connectivity index is 1.75. The highest BCUT2D eigenvalue weighted by Crippen LogP contribution is 2.19. The molecule has 28 heavy (non-hydrogen) atoms. The molecular weight excluding hydrogens is 384 g/mol. The van der Waals surface area contributed by atoms with Gasteiger partial charge in [-0.1, -0.05) is 41.9 Å². The average Bonchev–Trinajstić information content (AvgIpc) is 2.68. The third-order valence-electron chi connectivity index (χ3n) is 3.88. The number of hydrogen-bond acceptors (Lipinski definition) is 2. The van der Waals surface area contributed by atoms with Gasteiger partial charge in [-0.3, -0.25) is 9.59 Å². The predicted octanol–water partition coefficient (Wildman–Crippen LogP) is 5.77. The molecule has 0 bridgehead atoms. The van der Waals surface area contributed by atoms with E-state index in [1.165, 1.54) is 6.08 Å². The summed E-state index contributed by atoms with van der Waals surface area (Å²) in [5.41, 5.74) is 1.08. The summed E-state index contributed by atoms with van der Waals surface area (Å²) in [6.45, 7) is 0. The second-order valence-electron chi connectivity index (χ2n) is 5.88. The number of ketones is 1. The maximum absolute atomic E-state index is 13.7. The molecule has 0 saturated heterocycles. The Kier molecular flexibility index (Phi) is 5.96. The Labute approximate surface area is 165 Å². The first-order valence-electron chi connectivity index (χ1n) is 8.27. The van der Waals surface area contributed by atoms with Crippen LogP contribution < -0.4 is 5.32 Å². The van der Waals surface area contributed by atoms with Crippen LogP contribution in [0.2, 0.25) is 5.02 Å². The fourth-order valence-corrected chi connectivity index (χ4v) is 2.73. The zero-order valence-electron chi connectivity index (χ0n) is 14.5. The van der Waals surface area contributed by atoms with Crippen LogP contribution in [0.4, 0.5) is 14.5 Å². The fraction of sp³-hybridized carbons (Fsp3) is 0. The topological polar surface area (TPSA) is 46.2 Å². The van der Waals surface area contributed by atoms with Gasteiger partial charge in [-0.05, 0) is 54.1 Å². The van der Waals surface area contributed by atoms with Crippen molar-refractivity contribution in [2.75, 3.05) is 5.32 Å². The number of benzene rings is 3. The third kappa shape index (κ3) is 4.69. The van der Waals surface area contributed by atoms with Gasteiger partial charge in [-0.15, -0.1) is 0 Å². The van der Waals surface area contributed by atoms with Gasteiger partial charge < -0.3 is 5.32 Å². The Morgan fingerprint density at radius 2 is 1.68 bits per heavy atom. The number of carbonyl (C=O) groups excluding carboxylic acids is 2. The standard InChI is InChI=1S/C22H14ClF2NO2/c23-19-7-2-1-6-17(19)22(28)26-16-5-3-4-14(12-16)8-11-21(27)18-13-15(24)9-10-20(18)25/h1-13H,(H,26,28)/b11-8+. The summed E-state index contributed by atoms with van der Waals surface area (Å²) < 4.78 is 26.9. The van der Waals surface area contributed by atoms with Gasteiger partial charge in [0.15, 0.2) is 5.78 Å². The van der Waals surface area contributed by atoms with Crippen molar-refractivity contribution in [1.82, 2.24) is 0 Å². The Morgan fingerprint density at radius 3 is 2.46 bits per heavy atom. The first-order valence-corrected chi connectivity index (χ1v) is 8.65. The van der Waals surface area contributed by atoms with Crippen LogP contribution in [0, 0.1) is 11.6 Å². The molecule has 6 heteroatoms. The van der Waals surface area contributed by atoms with Crippen molar-refractivity contribution >= 4 is 35.1 Å². The second-order valence-corrected chi connectivity index (χ2v) is 6.29. The largest absolute Gasteiger partial charge is 0.322 e. The van der Waals surface area contributed by atoms with Gasteiger partial charge in [0.2, 0.25) is 0 Å². The van der Waals surface area contributed by atoms with Gasteiger partial charge in [-0.25, -0.2) is 8.78 Å². The van der Waals surface area contributed by atoms with Crippen molar-refractivity contribution in [3.05, 3.63) is 106 Å². The summed E-state index contributed by atoms with van der Waals surface area (Å²) >= 11 is 6.02. The lowest BCUT2D eigenvalue weighted by Crippen LogP contribution is -2.12. The first kappa shape index (κ1) is 19.5. The van der Waals surface area contributed by atoms with E-state index >= 15 is 0 Å². The monoisotopic (exact) mass is 397 g/mol. The molecule has 0 saturated carbocycles. The summed E-state index contributed by atoms with van der Waals surface area (Å²) in [7, 11) is 0. The van der Waals surface area contributed by atoms with Gasteiger partial charge in [0.1, 0.15) is 11.6 Å². The smallest absolute Gasteiger partial charge is 0.257 e. The molecule has 0 unspecified atom stereocenters. The van der Waals surface area contributed by atoms with Gasteiger partial charge in [-0.2, -0.15) is 0 Å². The molecule has 3 nitrogen and oxygen atoms in total. The Bertz CT molecular complexity index is 1080. The van der Waals surface area contributed by atoms with E-state index in [1.54, 1.807) is 48.5 Å². The molecule has 1 amide bonds. The summed E-state index contributed by atoms with van der Waals surface area (Å²) in [4.78, 5) is 24.4. The van der Waals surface area contributed by atoms with Crippen LogP contribution in [0.5, 0.6) is 0 Å². The molecule has 0 atom stereocenters. The highest BCUT2D eigenvalue weighted by molar-refractivity contribution is 6.34. The number of rotatable bonds is 5. The molecule has 0 fully saturated rings. The van der Waals surface area contributed by atoms with E-state index in [0.717, 1.165) is 24.3 Å². The average molecular weight is 398 g/mol. The van der Waals surface area contributed by atoms with Gasteiger partial charge >= 0.3 is 0 Å². The molecule has 3 rings (SSSR count). The Hall–Kier alpha value is -3.31. The zero-order chi connectivity index (χ0) is 20.1. The number of allylic oxidation sites excluding steroid dienone is 1. The minimum atomic E-state index is -0.795. The summed E-state index contributed by atoms with van der Waals surface area (Å²) in [5, 5.41) is 3.06. The van der Waals surface area contributed by atoms with E-state index in [0.29, 0.717) is 21.8 Å². The van der Waals surface area contributed by atoms with Crippen molar-refractivity contribution in [3.63, 3.8) is 0 Å². The molecule has 0 aliphatic carbocycles. The normalized spacial score (nSPS) is 10.8. The van der Waals surface area contributed by atoms with Crippen LogP contribution >= 0.6 is 11.6 Å². The number of hydrogen-bond donors (Lipinski definition) is 1. The second kappa shape index (κ2) is 8.59. The van der Waals surface area contributed by atoms with Crippen molar-refractivity contribution in [1.29, 1.82) is 0 Å². The van der Waals surface area contributed by atoms with Crippen LogP contribution in [0.1, 0.15) is 26.3 Å². The van der Waals surface area contributed by atoms with E-state index in [4.69, 9.17) is 11.6 Å². The number of anilines is 1. The highest BCUT2D eigenvalue weighted by Gasteiger charge is 2.11. The first-order chi connectivity index (χ1) is 13.4. The van der Waals surface area contributed by atoms with Gasteiger partial charge in [0.05, 0.1) is 16.1 Å². The van der Waals surface area contributed by atoms with E-state index in [1.807, 2.05) is 0 Å². The molecule has 1 N–H and O–H groups in total. The molecule has 0 aliphatic heterocycles. The molecule has 0 heterocycles. The molecule has 0 spiro atoms. The number of nitrogens with one attached hydrogen (secondary N) is 1. The summed E-state index contributed by atoms with van der Waals surface area (Å²) in [6.07, 6.45) is 2.60. The summed E-state index contributed by atoms with van der Waals surface area (Å²) in [5.74, 6) is -2.52. The van der Waals surface area contributed by atoms with E-state index in [-0.39, 0.29) is 11.5 Å². The molecule has 140 valence electrons. The van der Waals surface area contributed by atoms with E-state index in [2.05, 4.69) is 5.32 Å². The zero-order valence-corrected chi connectivity index (χ0v) is 15.2. The van der Waals surface area contributed by atoms with E-state index in [9.17, 15) is 18.4 Å².